The summed E-state index contributed by atoms with van der Waals surface area (Å²) in [6.07, 6.45) is 1.50. The molecule has 2 aromatic rings. The summed E-state index contributed by atoms with van der Waals surface area (Å²) < 4.78 is 19.3. The highest BCUT2D eigenvalue weighted by atomic mass is 19.1. The molecule has 0 aromatic heterocycles. The van der Waals surface area contributed by atoms with Crippen LogP contribution in [0.4, 0.5) is 4.39 Å². The van der Waals surface area contributed by atoms with Crippen molar-refractivity contribution >= 4 is 11.8 Å². The molecule has 2 aliphatic rings. The summed E-state index contributed by atoms with van der Waals surface area (Å²) in [5.74, 6) is -1.30. The van der Waals surface area contributed by atoms with Crippen LogP contribution in [0, 0.1) is 5.82 Å². The van der Waals surface area contributed by atoms with Gasteiger partial charge in [0.2, 0.25) is 0 Å². The zero-order valence-corrected chi connectivity index (χ0v) is 18.7. The van der Waals surface area contributed by atoms with E-state index in [1.165, 1.54) is 12.1 Å². The molecule has 3 atom stereocenters. The SMILES string of the molecule is CC[C@H](C)OC(=O)C1=C(C)NC2=C(C(=O)C[C@H](c3ccccc3)C2)[C@@H]1c1ccc(F)cc1. The van der Waals surface area contributed by atoms with Crippen molar-refractivity contribution in [1.29, 1.82) is 0 Å². The maximum Gasteiger partial charge on any atom is 0.337 e. The van der Waals surface area contributed by atoms with Gasteiger partial charge in [-0.15, -0.1) is 0 Å². The van der Waals surface area contributed by atoms with Crippen LogP contribution in [0.25, 0.3) is 0 Å². The number of Topliss-reactive ketones (excluding diaryl/α,β-unsaturated/α-hetero) is 1. The van der Waals surface area contributed by atoms with Crippen LogP contribution in [0.5, 0.6) is 0 Å². The predicted molar refractivity (Wildman–Crippen MR) is 121 cm³/mol. The van der Waals surface area contributed by atoms with Gasteiger partial charge in [-0.3, -0.25) is 4.79 Å². The number of halogens is 1. The molecule has 1 heterocycles. The van der Waals surface area contributed by atoms with Crippen LogP contribution in [0.1, 0.15) is 63.0 Å². The monoisotopic (exact) mass is 433 g/mol. The summed E-state index contributed by atoms with van der Waals surface area (Å²) in [4.78, 5) is 26.6. The molecular formula is C27H28FNO3. The Bertz CT molecular complexity index is 1090. The third kappa shape index (κ3) is 4.24. The second-order valence-corrected chi connectivity index (χ2v) is 8.60. The molecule has 0 radical (unpaired) electrons. The van der Waals surface area contributed by atoms with E-state index in [1.54, 1.807) is 12.1 Å². The Morgan fingerprint density at radius 1 is 1.09 bits per heavy atom. The van der Waals surface area contributed by atoms with Crippen molar-refractivity contribution in [3.8, 4) is 0 Å². The fourth-order valence-electron chi connectivity index (χ4n) is 4.59. The van der Waals surface area contributed by atoms with Gasteiger partial charge < -0.3 is 10.1 Å². The zero-order valence-electron chi connectivity index (χ0n) is 18.7. The number of carbonyl (C=O) groups is 2. The van der Waals surface area contributed by atoms with E-state index in [4.69, 9.17) is 4.74 Å². The molecular weight excluding hydrogens is 405 g/mol. The Morgan fingerprint density at radius 2 is 1.78 bits per heavy atom. The number of nitrogens with one attached hydrogen (secondary N) is 1. The standard InChI is InChI=1S/C27H28FNO3/c1-4-16(2)32-27(31)24-17(3)29-22-14-20(18-8-6-5-7-9-18)15-23(30)26(22)25(24)19-10-12-21(28)13-11-19/h5-13,16,20,25,29H,4,14-15H2,1-3H3/t16-,20+,25+/m0/s1. The maximum absolute atomic E-state index is 13.7. The van der Waals surface area contributed by atoms with Gasteiger partial charge in [0.05, 0.1) is 11.7 Å². The number of benzene rings is 2. The second-order valence-electron chi connectivity index (χ2n) is 8.60. The number of esters is 1. The van der Waals surface area contributed by atoms with E-state index in [-0.39, 0.29) is 23.6 Å². The number of carbonyl (C=O) groups excluding carboxylic acids is 2. The number of rotatable bonds is 5. The molecule has 0 saturated carbocycles. The van der Waals surface area contributed by atoms with Gasteiger partial charge in [-0.2, -0.15) is 0 Å². The first-order chi connectivity index (χ1) is 15.4. The van der Waals surface area contributed by atoms with Crippen LogP contribution in [0.15, 0.2) is 77.1 Å². The lowest BCUT2D eigenvalue weighted by Gasteiger charge is -2.37. The Balaban J connectivity index is 1.78. The van der Waals surface area contributed by atoms with E-state index in [1.807, 2.05) is 51.1 Å². The van der Waals surface area contributed by atoms with Crippen molar-refractivity contribution in [1.82, 2.24) is 5.32 Å². The average Bonchev–Trinajstić information content (AvgIpc) is 2.79. The lowest BCUT2D eigenvalue weighted by molar-refractivity contribution is -0.144. The summed E-state index contributed by atoms with van der Waals surface area (Å²) in [6, 6.07) is 16.0. The molecule has 2 aromatic carbocycles. The highest BCUT2D eigenvalue weighted by Crippen LogP contribution is 2.45. The number of hydrogen-bond acceptors (Lipinski definition) is 4. The smallest absolute Gasteiger partial charge is 0.337 e. The van der Waals surface area contributed by atoms with Gasteiger partial charge >= 0.3 is 5.97 Å². The Kier molecular flexibility index (Phi) is 6.26. The molecule has 1 aliphatic carbocycles. The molecule has 1 aliphatic heterocycles. The molecule has 4 nitrogen and oxygen atoms in total. The Labute approximate surface area is 188 Å². The van der Waals surface area contributed by atoms with Crippen molar-refractivity contribution in [2.45, 2.75) is 58.0 Å². The number of allylic oxidation sites excluding steroid dienone is 3. The summed E-state index contributed by atoms with van der Waals surface area (Å²) in [5, 5.41) is 3.35. The highest BCUT2D eigenvalue weighted by molar-refractivity contribution is 6.04. The maximum atomic E-state index is 13.7. The van der Waals surface area contributed by atoms with Crippen LogP contribution >= 0.6 is 0 Å². The summed E-state index contributed by atoms with van der Waals surface area (Å²) in [6.45, 7) is 5.63. The van der Waals surface area contributed by atoms with E-state index < -0.39 is 11.9 Å². The second kappa shape index (κ2) is 9.11. The lowest BCUT2D eigenvalue weighted by atomic mass is 9.72. The van der Waals surface area contributed by atoms with Gasteiger partial charge in [0.25, 0.3) is 0 Å². The van der Waals surface area contributed by atoms with Gasteiger partial charge in [-0.05, 0) is 55.9 Å². The number of dihydropyridines is 1. The molecule has 1 N–H and O–H groups in total. The molecule has 0 spiro atoms. The first-order valence-corrected chi connectivity index (χ1v) is 11.1. The molecule has 0 saturated heterocycles. The number of ether oxygens (including phenoxy) is 1. The molecule has 0 unspecified atom stereocenters. The molecule has 0 bridgehead atoms. The quantitative estimate of drug-likeness (QED) is 0.630. The minimum absolute atomic E-state index is 0.00303. The summed E-state index contributed by atoms with van der Waals surface area (Å²) in [7, 11) is 0. The molecule has 0 amide bonds. The number of hydrogen-bond donors (Lipinski definition) is 1. The van der Waals surface area contributed by atoms with E-state index in [0.717, 1.165) is 11.3 Å². The molecule has 4 rings (SSSR count). The third-order valence-electron chi connectivity index (χ3n) is 6.40. The molecule has 166 valence electrons. The van der Waals surface area contributed by atoms with Gasteiger partial charge in [0.15, 0.2) is 5.78 Å². The van der Waals surface area contributed by atoms with E-state index in [0.29, 0.717) is 41.7 Å². The van der Waals surface area contributed by atoms with Gasteiger partial charge in [-0.1, -0.05) is 49.4 Å². The van der Waals surface area contributed by atoms with Crippen LogP contribution < -0.4 is 5.32 Å². The van der Waals surface area contributed by atoms with E-state index in [2.05, 4.69) is 5.32 Å². The van der Waals surface area contributed by atoms with E-state index in [9.17, 15) is 14.0 Å². The largest absolute Gasteiger partial charge is 0.459 e. The molecule has 32 heavy (non-hydrogen) atoms. The first kappa shape index (κ1) is 22.0. The van der Waals surface area contributed by atoms with Crippen LogP contribution in [-0.4, -0.2) is 17.9 Å². The van der Waals surface area contributed by atoms with E-state index >= 15 is 0 Å². The third-order valence-corrected chi connectivity index (χ3v) is 6.40. The average molecular weight is 434 g/mol. The van der Waals surface area contributed by atoms with Crippen molar-refractivity contribution in [2.24, 2.45) is 0 Å². The minimum Gasteiger partial charge on any atom is -0.459 e. The highest BCUT2D eigenvalue weighted by Gasteiger charge is 2.41. The topological polar surface area (TPSA) is 55.4 Å². The number of ketones is 1. The normalized spacial score (nSPS) is 21.7. The Morgan fingerprint density at radius 3 is 2.44 bits per heavy atom. The minimum atomic E-state index is -0.576. The Hall–Kier alpha value is -3.21. The van der Waals surface area contributed by atoms with Crippen molar-refractivity contribution < 1.29 is 18.7 Å². The van der Waals surface area contributed by atoms with Gasteiger partial charge in [-0.25, -0.2) is 9.18 Å². The first-order valence-electron chi connectivity index (χ1n) is 11.1. The van der Waals surface area contributed by atoms with Crippen LogP contribution in [-0.2, 0) is 14.3 Å². The summed E-state index contributed by atoms with van der Waals surface area (Å²) in [5.41, 5.74) is 4.35. The van der Waals surface area contributed by atoms with Crippen molar-refractivity contribution in [3.63, 3.8) is 0 Å². The van der Waals surface area contributed by atoms with Crippen LogP contribution in [0.3, 0.4) is 0 Å². The lowest BCUT2D eigenvalue weighted by Crippen LogP contribution is -2.36. The van der Waals surface area contributed by atoms with Crippen molar-refractivity contribution in [2.75, 3.05) is 0 Å². The molecule has 5 heteroatoms. The zero-order chi connectivity index (χ0) is 22.8. The molecule has 0 fully saturated rings. The fourth-order valence-corrected chi connectivity index (χ4v) is 4.59. The van der Waals surface area contributed by atoms with Gasteiger partial charge in [0.1, 0.15) is 5.82 Å². The van der Waals surface area contributed by atoms with Crippen molar-refractivity contribution in [3.05, 3.63) is 94.1 Å². The summed E-state index contributed by atoms with van der Waals surface area (Å²) >= 11 is 0. The van der Waals surface area contributed by atoms with Crippen LogP contribution in [0.2, 0.25) is 0 Å². The van der Waals surface area contributed by atoms with Gasteiger partial charge in [0, 0.05) is 29.3 Å². The fraction of sp³-hybridized carbons (Fsp3) is 0.333. The predicted octanol–water partition coefficient (Wildman–Crippen LogP) is 5.53.